The number of nitrogens with zero attached hydrogens (tertiary/aromatic N) is 5. The van der Waals surface area contributed by atoms with E-state index in [1.165, 1.54) is 6.33 Å². The van der Waals surface area contributed by atoms with Gasteiger partial charge in [-0.05, 0) is 49.6 Å². The molecule has 0 radical (unpaired) electrons. The van der Waals surface area contributed by atoms with Gasteiger partial charge in [-0.3, -0.25) is 14.6 Å². The number of aromatic nitrogens is 3. The van der Waals surface area contributed by atoms with E-state index in [2.05, 4.69) is 36.6 Å². The Kier molecular flexibility index (Phi) is 5.02. The second-order valence-electron chi connectivity index (χ2n) is 8.97. The lowest BCUT2D eigenvalue weighted by Crippen LogP contribution is -2.53. The second-order valence-corrected chi connectivity index (χ2v) is 8.97. The van der Waals surface area contributed by atoms with Crippen molar-refractivity contribution in [3.63, 3.8) is 0 Å². The minimum Gasteiger partial charge on any atom is -0.486 e. The van der Waals surface area contributed by atoms with Gasteiger partial charge in [0.1, 0.15) is 29.7 Å². The maximum Gasteiger partial charge on any atom is 0.327 e. The smallest absolute Gasteiger partial charge is 0.327 e. The van der Waals surface area contributed by atoms with Gasteiger partial charge in [0, 0.05) is 32.2 Å². The molecular weight excluding hydrogens is 434 g/mol. The summed E-state index contributed by atoms with van der Waals surface area (Å²) < 4.78 is 6.01. The third-order valence-electron chi connectivity index (χ3n) is 6.35. The van der Waals surface area contributed by atoms with E-state index in [4.69, 9.17) is 4.74 Å². The molecule has 2 aromatic heterocycles. The molecule has 10 nitrogen and oxygen atoms in total. The molecule has 0 bridgehead atoms. The highest BCUT2D eigenvalue weighted by Gasteiger charge is 2.30. The minimum absolute atomic E-state index is 0.0680. The molecule has 0 unspecified atom stereocenters. The molecule has 2 aliphatic heterocycles. The van der Waals surface area contributed by atoms with Crippen molar-refractivity contribution in [2.75, 3.05) is 29.9 Å². The first-order valence-corrected chi connectivity index (χ1v) is 11.6. The fourth-order valence-electron chi connectivity index (χ4n) is 4.45. The molecule has 2 N–H and O–H groups in total. The van der Waals surface area contributed by atoms with Crippen LogP contribution in [0.3, 0.4) is 0 Å². The Labute approximate surface area is 196 Å². The molecule has 3 amide bonds. The van der Waals surface area contributed by atoms with Crippen molar-refractivity contribution in [1.82, 2.24) is 25.2 Å². The molecule has 1 aromatic carbocycles. The highest BCUT2D eigenvalue weighted by atomic mass is 16.5. The molecule has 3 aliphatic rings. The average molecular weight is 460 g/mol. The number of benzene rings is 1. The van der Waals surface area contributed by atoms with E-state index in [9.17, 15) is 9.59 Å². The standard InChI is InChI=1S/C24H25N7O3/c1-2-31-22-21-19(26-13-27-22)7-14(8-20(21)29-24(31)33)10-30-11-17(12-30)34-16-5-6-18(25-9-16)23(32)28-15-3-4-15/h5-9,13,15,17H,2-4,10-12H2,1H3,(H,28,32)(H,29,33). The maximum atomic E-state index is 12.5. The van der Waals surface area contributed by atoms with Crippen LogP contribution in [0.4, 0.5) is 16.3 Å². The van der Waals surface area contributed by atoms with Crippen molar-refractivity contribution in [3.05, 3.63) is 48.0 Å². The van der Waals surface area contributed by atoms with E-state index in [0.29, 0.717) is 29.8 Å². The number of anilines is 2. The Morgan fingerprint density at radius 3 is 2.79 bits per heavy atom. The van der Waals surface area contributed by atoms with Crippen LogP contribution in [0.15, 0.2) is 36.8 Å². The lowest BCUT2D eigenvalue weighted by atomic mass is 10.0. The van der Waals surface area contributed by atoms with Crippen LogP contribution in [-0.2, 0) is 6.54 Å². The average Bonchev–Trinajstić information content (AvgIpc) is 3.62. The minimum atomic E-state index is -0.172. The number of amides is 3. The summed E-state index contributed by atoms with van der Waals surface area (Å²) >= 11 is 0. The van der Waals surface area contributed by atoms with Crippen LogP contribution in [0.5, 0.6) is 5.75 Å². The summed E-state index contributed by atoms with van der Waals surface area (Å²) in [6.45, 7) is 4.75. The first-order valence-electron chi connectivity index (χ1n) is 11.6. The van der Waals surface area contributed by atoms with Crippen molar-refractivity contribution >= 4 is 34.3 Å². The Morgan fingerprint density at radius 1 is 1.21 bits per heavy atom. The fraction of sp³-hybridized carbons (Fsp3) is 0.375. The van der Waals surface area contributed by atoms with E-state index in [0.717, 1.165) is 54.6 Å². The van der Waals surface area contributed by atoms with Gasteiger partial charge in [-0.15, -0.1) is 0 Å². The molecule has 1 aliphatic carbocycles. The van der Waals surface area contributed by atoms with Gasteiger partial charge < -0.3 is 15.4 Å². The third kappa shape index (κ3) is 3.90. The summed E-state index contributed by atoms with van der Waals surface area (Å²) in [6.07, 6.45) is 5.28. The van der Waals surface area contributed by atoms with Crippen LogP contribution in [0.1, 0.15) is 35.8 Å². The first-order chi connectivity index (χ1) is 16.6. The summed E-state index contributed by atoms with van der Waals surface area (Å²) in [5.74, 6) is 1.18. The zero-order chi connectivity index (χ0) is 23.2. The number of nitrogens with one attached hydrogen (secondary N) is 2. The maximum absolute atomic E-state index is 12.5. The molecule has 34 heavy (non-hydrogen) atoms. The van der Waals surface area contributed by atoms with Crippen LogP contribution in [-0.4, -0.2) is 63.6 Å². The van der Waals surface area contributed by atoms with Gasteiger partial charge in [-0.1, -0.05) is 0 Å². The number of pyridine rings is 1. The van der Waals surface area contributed by atoms with Gasteiger partial charge in [0.05, 0.1) is 22.8 Å². The van der Waals surface area contributed by atoms with Crippen molar-refractivity contribution < 1.29 is 14.3 Å². The van der Waals surface area contributed by atoms with Crippen LogP contribution >= 0.6 is 0 Å². The van der Waals surface area contributed by atoms with Gasteiger partial charge in [-0.2, -0.15) is 0 Å². The largest absolute Gasteiger partial charge is 0.486 e. The Bertz CT molecular complexity index is 1270. The molecule has 10 heteroatoms. The predicted molar refractivity (Wildman–Crippen MR) is 126 cm³/mol. The third-order valence-corrected chi connectivity index (χ3v) is 6.35. The van der Waals surface area contributed by atoms with Crippen molar-refractivity contribution in [2.45, 2.75) is 38.5 Å². The number of hydrogen-bond acceptors (Lipinski definition) is 7. The second kappa shape index (κ2) is 8.21. The fourth-order valence-corrected chi connectivity index (χ4v) is 4.45. The molecule has 4 heterocycles. The van der Waals surface area contributed by atoms with Gasteiger partial charge in [0.2, 0.25) is 0 Å². The van der Waals surface area contributed by atoms with Crippen LogP contribution in [0.2, 0.25) is 0 Å². The molecule has 0 atom stereocenters. The van der Waals surface area contributed by atoms with Gasteiger partial charge in [-0.25, -0.2) is 19.7 Å². The summed E-state index contributed by atoms with van der Waals surface area (Å²) in [4.78, 5) is 41.4. The summed E-state index contributed by atoms with van der Waals surface area (Å²) in [5, 5.41) is 6.78. The lowest BCUT2D eigenvalue weighted by molar-refractivity contribution is 0.0144. The lowest BCUT2D eigenvalue weighted by Gasteiger charge is -2.39. The predicted octanol–water partition coefficient (Wildman–Crippen LogP) is 2.55. The van der Waals surface area contributed by atoms with E-state index < -0.39 is 0 Å². The van der Waals surface area contributed by atoms with E-state index >= 15 is 0 Å². The quantitative estimate of drug-likeness (QED) is 0.558. The summed E-state index contributed by atoms with van der Waals surface area (Å²) in [6, 6.07) is 7.70. The molecular formula is C24H25N7O3. The Morgan fingerprint density at radius 2 is 2.06 bits per heavy atom. The Hall–Kier alpha value is -3.79. The van der Waals surface area contributed by atoms with Crippen LogP contribution in [0, 0.1) is 0 Å². The number of ether oxygens (including phenoxy) is 1. The number of likely N-dealkylation sites (tertiary alicyclic amines) is 1. The number of hydrogen-bond donors (Lipinski definition) is 2. The molecule has 0 spiro atoms. The summed E-state index contributed by atoms with van der Waals surface area (Å²) in [5.41, 5.74) is 3.06. The number of carbonyl (C=O) groups is 2. The highest BCUT2D eigenvalue weighted by Crippen LogP contribution is 2.36. The monoisotopic (exact) mass is 459 g/mol. The van der Waals surface area contributed by atoms with Crippen LogP contribution < -0.4 is 20.3 Å². The first kappa shape index (κ1) is 20.8. The molecule has 1 saturated carbocycles. The van der Waals surface area contributed by atoms with Crippen molar-refractivity contribution in [1.29, 1.82) is 0 Å². The van der Waals surface area contributed by atoms with Gasteiger partial charge in [0.25, 0.3) is 5.91 Å². The molecule has 1 saturated heterocycles. The summed E-state index contributed by atoms with van der Waals surface area (Å²) in [7, 11) is 0. The molecule has 6 rings (SSSR count). The van der Waals surface area contributed by atoms with Crippen LogP contribution in [0.25, 0.3) is 10.9 Å². The number of urea groups is 1. The SMILES string of the molecule is CCN1C(=O)Nc2cc(CN3CC(Oc4ccc(C(=O)NC5CC5)nc4)C3)cc3ncnc1c23. The van der Waals surface area contributed by atoms with E-state index in [1.54, 1.807) is 23.2 Å². The Balaban J connectivity index is 1.08. The van der Waals surface area contributed by atoms with Gasteiger partial charge in [0.15, 0.2) is 0 Å². The highest BCUT2D eigenvalue weighted by molar-refractivity contribution is 6.17. The number of rotatable bonds is 7. The normalized spacial score (nSPS) is 17.9. The van der Waals surface area contributed by atoms with E-state index in [-0.39, 0.29) is 18.0 Å². The van der Waals surface area contributed by atoms with Crippen molar-refractivity contribution in [3.8, 4) is 5.75 Å². The van der Waals surface area contributed by atoms with E-state index in [1.807, 2.05) is 13.0 Å². The van der Waals surface area contributed by atoms with Gasteiger partial charge >= 0.3 is 6.03 Å². The molecule has 3 aromatic rings. The molecule has 174 valence electrons. The molecule has 2 fully saturated rings. The van der Waals surface area contributed by atoms with Crippen molar-refractivity contribution in [2.24, 2.45) is 0 Å². The zero-order valence-corrected chi connectivity index (χ0v) is 18.8. The topological polar surface area (TPSA) is 113 Å². The zero-order valence-electron chi connectivity index (χ0n) is 18.8. The number of carbonyl (C=O) groups excluding carboxylic acids is 2.